The van der Waals surface area contributed by atoms with Gasteiger partial charge in [0.25, 0.3) is 0 Å². The Morgan fingerprint density at radius 3 is 3.16 bits per heavy atom. The van der Waals surface area contributed by atoms with Gasteiger partial charge in [-0.2, -0.15) is 4.37 Å². The number of hydrogen-bond donors (Lipinski definition) is 1. The van der Waals surface area contributed by atoms with Crippen LogP contribution in [0.3, 0.4) is 0 Å². The van der Waals surface area contributed by atoms with E-state index in [4.69, 9.17) is 9.47 Å². The van der Waals surface area contributed by atoms with E-state index < -0.39 is 0 Å². The summed E-state index contributed by atoms with van der Waals surface area (Å²) in [5.41, 5.74) is 1.29. The zero-order valence-corrected chi connectivity index (χ0v) is 12.2. The third-order valence-electron chi connectivity index (χ3n) is 3.12. The Morgan fingerprint density at radius 2 is 2.47 bits per heavy atom. The van der Waals surface area contributed by atoms with Crippen LogP contribution >= 0.6 is 11.5 Å². The van der Waals surface area contributed by atoms with Crippen LogP contribution in [0.5, 0.6) is 0 Å². The molecule has 1 aromatic rings. The highest BCUT2D eigenvalue weighted by atomic mass is 32.1. The quantitative estimate of drug-likeness (QED) is 0.814. The molecule has 1 aliphatic rings. The molecule has 0 amide bonds. The van der Waals surface area contributed by atoms with Gasteiger partial charge in [-0.05, 0) is 44.6 Å². The fourth-order valence-electron chi connectivity index (χ4n) is 2.15. The minimum atomic E-state index is -0.298. The fraction of sp³-hybridized carbons (Fsp3) is 0.692. The maximum Gasteiger partial charge on any atom is 0.343 e. The van der Waals surface area contributed by atoms with Gasteiger partial charge in [0.1, 0.15) is 10.6 Å². The van der Waals surface area contributed by atoms with Gasteiger partial charge in [0.05, 0.1) is 18.4 Å². The molecule has 0 bridgehead atoms. The van der Waals surface area contributed by atoms with Crippen molar-refractivity contribution in [2.75, 3.05) is 25.1 Å². The predicted molar refractivity (Wildman–Crippen MR) is 74.9 cm³/mol. The molecule has 2 heterocycles. The molecule has 1 atom stereocenters. The van der Waals surface area contributed by atoms with Gasteiger partial charge in [-0.25, -0.2) is 4.79 Å². The van der Waals surface area contributed by atoms with Crippen molar-refractivity contribution in [3.05, 3.63) is 11.3 Å². The second-order valence-corrected chi connectivity index (χ2v) is 5.32. The van der Waals surface area contributed by atoms with E-state index in [2.05, 4.69) is 9.69 Å². The van der Waals surface area contributed by atoms with Gasteiger partial charge >= 0.3 is 5.97 Å². The van der Waals surface area contributed by atoms with E-state index in [-0.39, 0.29) is 5.97 Å². The Bertz CT molecular complexity index is 428. The summed E-state index contributed by atoms with van der Waals surface area (Å²) in [4.78, 5) is 11.8. The van der Waals surface area contributed by atoms with Crippen LogP contribution in [0.2, 0.25) is 0 Å². The molecule has 1 unspecified atom stereocenters. The average molecular weight is 284 g/mol. The molecule has 1 aromatic heterocycles. The number of carbonyl (C=O) groups is 1. The van der Waals surface area contributed by atoms with Crippen molar-refractivity contribution >= 4 is 22.5 Å². The molecule has 0 radical (unpaired) electrons. The Kier molecular flexibility index (Phi) is 5.15. The zero-order valence-electron chi connectivity index (χ0n) is 11.4. The highest BCUT2D eigenvalue weighted by molar-refractivity contribution is 7.10. The van der Waals surface area contributed by atoms with Crippen LogP contribution in [-0.4, -0.2) is 36.2 Å². The van der Waals surface area contributed by atoms with Crippen molar-refractivity contribution in [2.45, 2.75) is 39.2 Å². The number of nitrogens with one attached hydrogen (secondary N) is 1. The van der Waals surface area contributed by atoms with E-state index in [1.807, 2.05) is 6.92 Å². The van der Waals surface area contributed by atoms with E-state index in [0.717, 1.165) is 43.1 Å². The molecule has 0 saturated carbocycles. The summed E-state index contributed by atoms with van der Waals surface area (Å²) in [5, 5.41) is 4.08. The molecule has 6 heteroatoms. The molecule has 5 nitrogen and oxygen atoms in total. The van der Waals surface area contributed by atoms with Gasteiger partial charge in [0, 0.05) is 13.2 Å². The first kappa shape index (κ1) is 14.3. The van der Waals surface area contributed by atoms with E-state index in [9.17, 15) is 4.79 Å². The summed E-state index contributed by atoms with van der Waals surface area (Å²) < 4.78 is 14.8. The van der Waals surface area contributed by atoms with Crippen molar-refractivity contribution in [1.82, 2.24) is 4.37 Å². The lowest BCUT2D eigenvalue weighted by atomic mass is 10.2. The summed E-state index contributed by atoms with van der Waals surface area (Å²) in [5.74, 6) is -0.298. The van der Waals surface area contributed by atoms with Crippen LogP contribution < -0.4 is 5.32 Å². The zero-order chi connectivity index (χ0) is 13.7. The SMILES string of the molecule is CCOC(=O)c1c(C)nsc1NCCC1CCCO1. The Labute approximate surface area is 117 Å². The van der Waals surface area contributed by atoms with Crippen molar-refractivity contribution in [3.8, 4) is 0 Å². The van der Waals surface area contributed by atoms with Crippen molar-refractivity contribution in [3.63, 3.8) is 0 Å². The van der Waals surface area contributed by atoms with Crippen LogP contribution in [0, 0.1) is 6.92 Å². The van der Waals surface area contributed by atoms with Crippen molar-refractivity contribution in [1.29, 1.82) is 0 Å². The first-order chi connectivity index (χ1) is 9.22. The molecule has 0 aliphatic carbocycles. The molecule has 19 heavy (non-hydrogen) atoms. The number of ether oxygens (including phenoxy) is 2. The number of esters is 1. The number of aryl methyl sites for hydroxylation is 1. The third kappa shape index (κ3) is 3.67. The molecule has 2 rings (SSSR count). The molecule has 1 saturated heterocycles. The molecular weight excluding hydrogens is 264 g/mol. The molecule has 106 valence electrons. The van der Waals surface area contributed by atoms with Crippen LogP contribution in [0.15, 0.2) is 0 Å². The number of anilines is 1. The van der Waals surface area contributed by atoms with E-state index in [1.165, 1.54) is 11.5 Å². The maximum atomic E-state index is 11.8. The summed E-state index contributed by atoms with van der Waals surface area (Å²) >= 11 is 1.31. The minimum absolute atomic E-state index is 0.298. The number of hydrogen-bond acceptors (Lipinski definition) is 6. The molecule has 0 aromatic carbocycles. The molecule has 1 fully saturated rings. The Hall–Kier alpha value is -1.14. The van der Waals surface area contributed by atoms with E-state index in [1.54, 1.807) is 6.92 Å². The average Bonchev–Trinajstić information content (AvgIpc) is 3.00. The highest BCUT2D eigenvalue weighted by Crippen LogP contribution is 2.25. The summed E-state index contributed by atoms with van der Waals surface area (Å²) in [6.07, 6.45) is 3.60. The molecule has 1 N–H and O–H groups in total. The fourth-order valence-corrected chi connectivity index (χ4v) is 2.96. The Morgan fingerprint density at radius 1 is 1.63 bits per heavy atom. The summed E-state index contributed by atoms with van der Waals surface area (Å²) in [7, 11) is 0. The number of nitrogens with zero attached hydrogens (tertiary/aromatic N) is 1. The standard InChI is InChI=1S/C13H20N2O3S/c1-3-17-13(16)11-9(2)15-19-12(11)14-7-6-10-5-4-8-18-10/h10,14H,3-8H2,1-2H3. The number of aromatic nitrogens is 1. The summed E-state index contributed by atoms with van der Waals surface area (Å²) in [6, 6.07) is 0. The van der Waals surface area contributed by atoms with Crippen LogP contribution in [0.1, 0.15) is 42.2 Å². The van der Waals surface area contributed by atoms with Gasteiger partial charge < -0.3 is 14.8 Å². The van der Waals surface area contributed by atoms with Gasteiger partial charge in [-0.1, -0.05) is 0 Å². The summed E-state index contributed by atoms with van der Waals surface area (Å²) in [6.45, 7) is 5.67. The second-order valence-electron chi connectivity index (χ2n) is 4.54. The predicted octanol–water partition coefficient (Wildman–Crippen LogP) is 2.61. The molecule has 1 aliphatic heterocycles. The first-order valence-electron chi connectivity index (χ1n) is 6.71. The number of rotatable bonds is 6. The van der Waals surface area contributed by atoms with Crippen LogP contribution in [-0.2, 0) is 9.47 Å². The van der Waals surface area contributed by atoms with Gasteiger partial charge in [0.15, 0.2) is 0 Å². The highest BCUT2D eigenvalue weighted by Gasteiger charge is 2.20. The monoisotopic (exact) mass is 284 g/mol. The lowest BCUT2D eigenvalue weighted by Crippen LogP contribution is -2.14. The minimum Gasteiger partial charge on any atom is -0.462 e. The Balaban J connectivity index is 1.90. The maximum absolute atomic E-state index is 11.8. The van der Waals surface area contributed by atoms with Crippen molar-refractivity contribution < 1.29 is 14.3 Å². The molecule has 0 spiro atoms. The number of carbonyl (C=O) groups excluding carboxylic acids is 1. The van der Waals surface area contributed by atoms with Gasteiger partial charge in [-0.15, -0.1) is 0 Å². The smallest absolute Gasteiger partial charge is 0.343 e. The lowest BCUT2D eigenvalue weighted by Gasteiger charge is -2.10. The topological polar surface area (TPSA) is 60.5 Å². The largest absolute Gasteiger partial charge is 0.462 e. The normalized spacial score (nSPS) is 18.5. The van der Waals surface area contributed by atoms with Crippen LogP contribution in [0.25, 0.3) is 0 Å². The van der Waals surface area contributed by atoms with Crippen molar-refractivity contribution in [2.24, 2.45) is 0 Å². The van der Waals surface area contributed by atoms with E-state index in [0.29, 0.717) is 18.3 Å². The van der Waals surface area contributed by atoms with Gasteiger partial charge in [0.2, 0.25) is 0 Å². The first-order valence-corrected chi connectivity index (χ1v) is 7.48. The second kappa shape index (κ2) is 6.86. The van der Waals surface area contributed by atoms with Gasteiger partial charge in [-0.3, -0.25) is 0 Å². The third-order valence-corrected chi connectivity index (χ3v) is 4.01. The lowest BCUT2D eigenvalue weighted by molar-refractivity contribution is 0.0527. The van der Waals surface area contributed by atoms with Crippen LogP contribution in [0.4, 0.5) is 5.00 Å². The van der Waals surface area contributed by atoms with E-state index >= 15 is 0 Å². The molecular formula is C13H20N2O3S.